The number of aromatic nitrogens is 3. The summed E-state index contributed by atoms with van der Waals surface area (Å²) in [4.78, 5) is 17.1. The third-order valence-electron chi connectivity index (χ3n) is 5.55. The molecule has 0 aliphatic heterocycles. The van der Waals surface area contributed by atoms with Crippen LogP contribution in [0.3, 0.4) is 0 Å². The van der Waals surface area contributed by atoms with Crippen molar-refractivity contribution < 1.29 is 31.3 Å². The molecular weight excluding hydrogens is 502 g/mol. The van der Waals surface area contributed by atoms with E-state index < -0.39 is 50.5 Å². The lowest BCUT2D eigenvalue weighted by molar-refractivity contribution is -0.142. The standard InChI is InChI=1S/C23H21F4N5O3S/c1-11-9-16(13-7-8-13)30-20(24)18(11)35-22-17(12(2)19(31-32-22)23(25,26)27)21(33)29-14-5-4-6-15(10-14)36(3,28)34/h4-6,9-10,13,28H,7-8H2,1-3H3,(H,29,33). The molecular formula is C23H21F4N5O3S. The second-order valence-electron chi connectivity index (χ2n) is 8.54. The van der Waals surface area contributed by atoms with Crippen molar-refractivity contribution in [3.8, 4) is 11.6 Å². The first-order valence-electron chi connectivity index (χ1n) is 10.7. The largest absolute Gasteiger partial charge is 0.435 e. The Labute approximate surface area is 204 Å². The molecule has 0 radical (unpaired) electrons. The van der Waals surface area contributed by atoms with Crippen molar-refractivity contribution in [3.05, 3.63) is 64.4 Å². The number of carbonyl (C=O) groups is 1. The van der Waals surface area contributed by atoms with Crippen LogP contribution >= 0.6 is 0 Å². The van der Waals surface area contributed by atoms with Crippen LogP contribution in [0.2, 0.25) is 0 Å². The number of anilines is 1. The molecule has 2 aromatic heterocycles. The van der Waals surface area contributed by atoms with Gasteiger partial charge in [0, 0.05) is 28.5 Å². The fraction of sp³-hybridized carbons (Fsp3) is 0.304. The first kappa shape index (κ1) is 25.5. The first-order chi connectivity index (χ1) is 16.8. The molecule has 1 fully saturated rings. The van der Waals surface area contributed by atoms with E-state index in [9.17, 15) is 26.6 Å². The molecule has 0 spiro atoms. The van der Waals surface area contributed by atoms with Gasteiger partial charge in [-0.05, 0) is 62.1 Å². The van der Waals surface area contributed by atoms with Crippen molar-refractivity contribution in [3.63, 3.8) is 0 Å². The Kier molecular flexibility index (Phi) is 6.45. The number of carbonyl (C=O) groups excluding carboxylic acids is 1. The third kappa shape index (κ3) is 5.30. The number of ether oxygens (including phenoxy) is 1. The van der Waals surface area contributed by atoms with Crippen molar-refractivity contribution in [1.29, 1.82) is 4.78 Å². The second kappa shape index (κ2) is 9.12. The maximum Gasteiger partial charge on any atom is 0.435 e. The number of amides is 1. The van der Waals surface area contributed by atoms with Gasteiger partial charge >= 0.3 is 6.18 Å². The number of rotatable bonds is 6. The normalized spacial score (nSPS) is 15.3. The zero-order valence-corrected chi connectivity index (χ0v) is 20.2. The fourth-order valence-corrected chi connectivity index (χ4v) is 4.26. The molecule has 1 saturated carbocycles. The lowest BCUT2D eigenvalue weighted by atomic mass is 10.1. The van der Waals surface area contributed by atoms with Crippen LogP contribution in [-0.4, -0.2) is 31.6 Å². The van der Waals surface area contributed by atoms with E-state index >= 15 is 0 Å². The highest BCUT2D eigenvalue weighted by Crippen LogP contribution is 2.41. The zero-order chi connectivity index (χ0) is 26.4. The van der Waals surface area contributed by atoms with Gasteiger partial charge in [-0.15, -0.1) is 10.2 Å². The molecule has 8 nitrogen and oxygen atoms in total. The number of hydrogen-bond donors (Lipinski definition) is 2. The number of halogens is 4. The highest BCUT2D eigenvalue weighted by atomic mass is 32.2. The van der Waals surface area contributed by atoms with Gasteiger partial charge in [-0.3, -0.25) is 4.79 Å². The molecule has 0 bridgehead atoms. The zero-order valence-electron chi connectivity index (χ0n) is 19.4. The molecule has 190 valence electrons. The van der Waals surface area contributed by atoms with Crippen LogP contribution in [0.15, 0.2) is 35.2 Å². The highest BCUT2D eigenvalue weighted by molar-refractivity contribution is 7.91. The summed E-state index contributed by atoms with van der Waals surface area (Å²) in [6.07, 6.45) is -1.97. The molecule has 3 aromatic rings. The van der Waals surface area contributed by atoms with Crippen LogP contribution in [-0.2, 0) is 15.9 Å². The Morgan fingerprint density at radius 3 is 2.47 bits per heavy atom. The average Bonchev–Trinajstić information content (AvgIpc) is 3.60. The van der Waals surface area contributed by atoms with E-state index in [0.29, 0.717) is 11.3 Å². The van der Waals surface area contributed by atoms with E-state index in [1.165, 1.54) is 30.5 Å². The molecule has 1 atom stereocenters. The number of nitrogens with zero attached hydrogens (tertiary/aromatic N) is 3. The summed E-state index contributed by atoms with van der Waals surface area (Å²) in [5.41, 5.74) is -1.65. The summed E-state index contributed by atoms with van der Waals surface area (Å²) in [6, 6.07) is 7.16. The van der Waals surface area contributed by atoms with Crippen molar-refractivity contribution in [2.24, 2.45) is 0 Å². The smallest absolute Gasteiger partial charge is 0.432 e. The van der Waals surface area contributed by atoms with Gasteiger partial charge in [-0.25, -0.2) is 14.0 Å². The third-order valence-corrected chi connectivity index (χ3v) is 6.71. The van der Waals surface area contributed by atoms with E-state index in [1.807, 2.05) is 0 Å². The molecule has 1 amide bonds. The SMILES string of the molecule is Cc1cc(C2CC2)nc(F)c1Oc1nnc(C(F)(F)F)c(C)c1C(=O)Nc1cccc(S(C)(=N)=O)c1. The first-order valence-corrected chi connectivity index (χ1v) is 12.7. The molecule has 0 saturated heterocycles. The summed E-state index contributed by atoms with van der Waals surface area (Å²) < 4.78 is 80.6. The molecule has 1 aromatic carbocycles. The minimum absolute atomic E-state index is 0.0767. The van der Waals surface area contributed by atoms with E-state index in [-0.39, 0.29) is 22.3 Å². The Hall–Kier alpha value is -3.61. The Bertz CT molecular complexity index is 1450. The van der Waals surface area contributed by atoms with Gasteiger partial charge in [0.25, 0.3) is 17.7 Å². The predicted molar refractivity (Wildman–Crippen MR) is 122 cm³/mol. The number of nitrogens with one attached hydrogen (secondary N) is 2. The maximum absolute atomic E-state index is 14.8. The summed E-state index contributed by atoms with van der Waals surface area (Å²) in [6.45, 7) is 2.57. The van der Waals surface area contributed by atoms with E-state index in [2.05, 4.69) is 20.5 Å². The summed E-state index contributed by atoms with van der Waals surface area (Å²) in [5, 5.41) is 9.03. The molecule has 36 heavy (non-hydrogen) atoms. The van der Waals surface area contributed by atoms with Gasteiger partial charge in [0.05, 0.1) is 9.73 Å². The summed E-state index contributed by atoms with van der Waals surface area (Å²) in [5.74, 6) is -2.91. The fourth-order valence-electron chi connectivity index (χ4n) is 3.57. The van der Waals surface area contributed by atoms with Crippen LogP contribution in [0.25, 0.3) is 0 Å². The monoisotopic (exact) mass is 523 g/mol. The van der Waals surface area contributed by atoms with Gasteiger partial charge in [0.2, 0.25) is 0 Å². The van der Waals surface area contributed by atoms with E-state index in [1.54, 1.807) is 13.0 Å². The average molecular weight is 524 g/mol. The van der Waals surface area contributed by atoms with Crippen molar-refractivity contribution in [2.75, 3.05) is 11.6 Å². The number of hydrogen-bond acceptors (Lipinski definition) is 7. The molecule has 2 N–H and O–H groups in total. The van der Waals surface area contributed by atoms with Crippen LogP contribution in [0, 0.1) is 24.6 Å². The van der Waals surface area contributed by atoms with E-state index in [0.717, 1.165) is 19.8 Å². The van der Waals surface area contributed by atoms with Crippen molar-refractivity contribution in [2.45, 2.75) is 43.7 Å². The molecule has 1 unspecified atom stereocenters. The van der Waals surface area contributed by atoms with Crippen LogP contribution in [0.1, 0.15) is 51.6 Å². The Balaban J connectivity index is 1.76. The Morgan fingerprint density at radius 1 is 1.19 bits per heavy atom. The predicted octanol–water partition coefficient (Wildman–Crippen LogP) is 5.60. The number of benzene rings is 1. The minimum atomic E-state index is -4.92. The highest BCUT2D eigenvalue weighted by Gasteiger charge is 2.38. The molecule has 1 aliphatic carbocycles. The molecule has 2 heterocycles. The number of aryl methyl sites for hydroxylation is 1. The van der Waals surface area contributed by atoms with Gasteiger partial charge in [0.15, 0.2) is 11.4 Å². The van der Waals surface area contributed by atoms with Gasteiger partial charge in [-0.2, -0.15) is 17.6 Å². The summed E-state index contributed by atoms with van der Waals surface area (Å²) >= 11 is 0. The second-order valence-corrected chi connectivity index (χ2v) is 10.7. The Morgan fingerprint density at radius 2 is 1.89 bits per heavy atom. The lowest BCUT2D eigenvalue weighted by Gasteiger charge is -2.17. The molecule has 4 rings (SSSR count). The molecule has 13 heteroatoms. The van der Waals surface area contributed by atoms with Gasteiger partial charge in [0.1, 0.15) is 5.56 Å². The van der Waals surface area contributed by atoms with Gasteiger partial charge < -0.3 is 10.1 Å². The minimum Gasteiger partial charge on any atom is -0.432 e. The van der Waals surface area contributed by atoms with Crippen LogP contribution in [0.4, 0.5) is 23.2 Å². The number of alkyl halides is 3. The summed E-state index contributed by atoms with van der Waals surface area (Å²) in [7, 11) is -3.12. The van der Waals surface area contributed by atoms with Crippen molar-refractivity contribution >= 4 is 21.3 Å². The van der Waals surface area contributed by atoms with Gasteiger partial charge in [-0.1, -0.05) is 6.07 Å². The van der Waals surface area contributed by atoms with Crippen molar-refractivity contribution in [1.82, 2.24) is 15.2 Å². The number of pyridine rings is 1. The van der Waals surface area contributed by atoms with E-state index in [4.69, 9.17) is 9.52 Å². The molecule has 1 aliphatic rings. The quantitative estimate of drug-likeness (QED) is 0.321. The lowest BCUT2D eigenvalue weighted by Crippen LogP contribution is -2.21. The van der Waals surface area contributed by atoms with Crippen LogP contribution in [0.5, 0.6) is 11.6 Å². The van der Waals surface area contributed by atoms with Crippen LogP contribution < -0.4 is 10.1 Å². The maximum atomic E-state index is 14.8. The topological polar surface area (TPSA) is 118 Å².